The molecule has 3 aromatic carbocycles. The van der Waals surface area contributed by atoms with Gasteiger partial charge in [-0.15, -0.1) is 6.61 Å². The molecule has 0 unspecified atom stereocenters. The second-order valence-corrected chi connectivity index (χ2v) is 8.43. The Kier molecular flexibility index (Phi) is 6.91. The Morgan fingerprint density at radius 3 is 1.70 bits per heavy atom. The molecule has 0 aliphatic heterocycles. The van der Waals surface area contributed by atoms with Gasteiger partial charge in [-0.1, -0.05) is 105 Å². The molecule has 0 bridgehead atoms. The highest BCUT2D eigenvalue weighted by Gasteiger charge is 2.15. The van der Waals surface area contributed by atoms with E-state index >= 15 is 0 Å². The summed E-state index contributed by atoms with van der Waals surface area (Å²) in [6, 6.07) is 22.5. The molecular weight excluding hydrogens is 368 g/mol. The zero-order chi connectivity index (χ0) is 21.6. The monoisotopic (exact) mass is 397 g/mol. The molecule has 2 heteroatoms. The van der Waals surface area contributed by atoms with Gasteiger partial charge in [-0.05, 0) is 39.8 Å². The zero-order valence-corrected chi connectivity index (χ0v) is 18.2. The summed E-state index contributed by atoms with van der Waals surface area (Å²) in [6.45, 7) is 6.47. The van der Waals surface area contributed by atoms with Crippen molar-refractivity contribution in [2.24, 2.45) is 0 Å². The van der Waals surface area contributed by atoms with E-state index in [0.29, 0.717) is 0 Å². The summed E-state index contributed by atoms with van der Waals surface area (Å²) >= 11 is 0. The summed E-state index contributed by atoms with van der Waals surface area (Å²) in [7, 11) is 1.71. The summed E-state index contributed by atoms with van der Waals surface area (Å²) in [5.41, 5.74) is 6.62. The molecule has 0 amide bonds. The first-order valence-electron chi connectivity index (χ1n) is 10.2. The zero-order valence-electron chi connectivity index (χ0n) is 18.2. The summed E-state index contributed by atoms with van der Waals surface area (Å²) in [5, 5.41) is 10.9. The van der Waals surface area contributed by atoms with Crippen LogP contribution >= 0.6 is 0 Å². The van der Waals surface area contributed by atoms with Crippen LogP contribution in [0.1, 0.15) is 54.2 Å². The molecule has 0 N–H and O–H groups in total. The lowest BCUT2D eigenvalue weighted by Crippen LogP contribution is -2.11. The minimum absolute atomic E-state index is 0.0954. The third-order valence-corrected chi connectivity index (χ3v) is 5.10. The SMILES string of the molecule is COc1ccc(C(C)(C)C)cc1/C=C/c1ccc(/C=C/c2ccc(C[O-])cc2)cc1. The van der Waals surface area contributed by atoms with Crippen LogP contribution in [0.15, 0.2) is 66.7 Å². The molecule has 3 rings (SSSR count). The van der Waals surface area contributed by atoms with Gasteiger partial charge >= 0.3 is 0 Å². The molecule has 154 valence electrons. The van der Waals surface area contributed by atoms with E-state index in [0.717, 1.165) is 33.6 Å². The van der Waals surface area contributed by atoms with Gasteiger partial charge in [0.25, 0.3) is 0 Å². The third-order valence-electron chi connectivity index (χ3n) is 5.10. The summed E-state index contributed by atoms with van der Waals surface area (Å²) in [4.78, 5) is 0. The first-order chi connectivity index (χ1) is 14.4. The van der Waals surface area contributed by atoms with Gasteiger partial charge in [0.15, 0.2) is 0 Å². The molecular formula is C28H29O2-. The minimum Gasteiger partial charge on any atom is -0.851 e. The Balaban J connectivity index is 1.73. The van der Waals surface area contributed by atoms with Crippen molar-refractivity contribution in [3.05, 3.63) is 100 Å². The van der Waals surface area contributed by atoms with Gasteiger partial charge in [0.05, 0.1) is 7.11 Å². The van der Waals surface area contributed by atoms with Crippen LogP contribution in [0.3, 0.4) is 0 Å². The normalized spacial score (nSPS) is 12.0. The summed E-state index contributed by atoms with van der Waals surface area (Å²) in [5.74, 6) is 0.877. The van der Waals surface area contributed by atoms with Gasteiger partial charge in [0.1, 0.15) is 5.75 Å². The highest BCUT2D eigenvalue weighted by Crippen LogP contribution is 2.29. The van der Waals surface area contributed by atoms with Crippen LogP contribution in [0.4, 0.5) is 0 Å². The van der Waals surface area contributed by atoms with Crippen LogP contribution in [0, 0.1) is 0 Å². The van der Waals surface area contributed by atoms with Crippen molar-refractivity contribution in [2.45, 2.75) is 32.8 Å². The van der Waals surface area contributed by atoms with Crippen LogP contribution < -0.4 is 9.84 Å². The number of hydrogen-bond acceptors (Lipinski definition) is 2. The van der Waals surface area contributed by atoms with E-state index in [2.05, 4.69) is 81.5 Å². The molecule has 0 atom stereocenters. The van der Waals surface area contributed by atoms with E-state index < -0.39 is 0 Å². The second kappa shape index (κ2) is 9.60. The van der Waals surface area contributed by atoms with Gasteiger partial charge < -0.3 is 9.84 Å². The molecule has 2 nitrogen and oxygen atoms in total. The van der Waals surface area contributed by atoms with Crippen molar-refractivity contribution in [1.82, 2.24) is 0 Å². The quantitative estimate of drug-likeness (QED) is 0.464. The fourth-order valence-corrected chi connectivity index (χ4v) is 3.15. The Morgan fingerprint density at radius 1 is 0.733 bits per heavy atom. The average molecular weight is 398 g/mol. The Hall–Kier alpha value is -3.10. The number of benzene rings is 3. The first-order valence-corrected chi connectivity index (χ1v) is 10.2. The maximum absolute atomic E-state index is 10.9. The lowest BCUT2D eigenvalue weighted by molar-refractivity contribution is -0.386. The van der Waals surface area contributed by atoms with Crippen molar-refractivity contribution in [2.75, 3.05) is 7.11 Å². The number of ether oxygens (including phenoxy) is 1. The smallest absolute Gasteiger partial charge is 0.126 e. The predicted molar refractivity (Wildman–Crippen MR) is 126 cm³/mol. The minimum atomic E-state index is -0.175. The van der Waals surface area contributed by atoms with Gasteiger partial charge in [-0.3, -0.25) is 0 Å². The number of rotatable bonds is 6. The van der Waals surface area contributed by atoms with Crippen molar-refractivity contribution < 1.29 is 9.84 Å². The average Bonchev–Trinajstić information content (AvgIpc) is 2.76. The maximum Gasteiger partial charge on any atom is 0.126 e. The maximum atomic E-state index is 10.9. The summed E-state index contributed by atoms with van der Waals surface area (Å²) < 4.78 is 5.53. The van der Waals surface area contributed by atoms with Crippen LogP contribution in [-0.4, -0.2) is 7.11 Å². The van der Waals surface area contributed by atoms with E-state index in [1.807, 2.05) is 30.3 Å². The van der Waals surface area contributed by atoms with E-state index in [-0.39, 0.29) is 12.0 Å². The second-order valence-electron chi connectivity index (χ2n) is 8.43. The van der Waals surface area contributed by atoms with E-state index in [1.54, 1.807) is 7.11 Å². The largest absolute Gasteiger partial charge is 0.851 e. The van der Waals surface area contributed by atoms with Gasteiger partial charge in [-0.2, -0.15) is 0 Å². The van der Waals surface area contributed by atoms with Crippen molar-refractivity contribution in [3.8, 4) is 5.75 Å². The standard InChI is InChI=1S/C28H29O2/c1-28(2,3)26-17-18-27(30-4)25(19-26)16-15-23-9-7-21(8-10-23)5-6-22-11-13-24(20-29)14-12-22/h5-19H,20H2,1-4H3/q-1/b6-5+,16-15+. The molecule has 0 fully saturated rings. The molecule has 0 aliphatic carbocycles. The molecule has 0 heterocycles. The molecule has 30 heavy (non-hydrogen) atoms. The van der Waals surface area contributed by atoms with Crippen LogP contribution in [0.5, 0.6) is 5.75 Å². The van der Waals surface area contributed by atoms with Gasteiger partial charge in [-0.25, -0.2) is 0 Å². The van der Waals surface area contributed by atoms with Crippen LogP contribution in [0.25, 0.3) is 24.3 Å². The van der Waals surface area contributed by atoms with Gasteiger partial charge in [0.2, 0.25) is 0 Å². The molecule has 0 aliphatic rings. The number of methoxy groups -OCH3 is 1. The van der Waals surface area contributed by atoms with E-state index in [9.17, 15) is 5.11 Å². The van der Waals surface area contributed by atoms with Crippen LogP contribution in [-0.2, 0) is 12.0 Å². The third kappa shape index (κ3) is 5.71. The number of hydrogen-bond donors (Lipinski definition) is 0. The molecule has 0 aromatic heterocycles. The van der Waals surface area contributed by atoms with Gasteiger partial charge in [0, 0.05) is 5.56 Å². The Bertz CT molecular complexity index is 1020. The van der Waals surface area contributed by atoms with Crippen molar-refractivity contribution in [3.63, 3.8) is 0 Å². The fourth-order valence-electron chi connectivity index (χ4n) is 3.15. The van der Waals surface area contributed by atoms with Crippen molar-refractivity contribution >= 4 is 24.3 Å². The lowest BCUT2D eigenvalue weighted by atomic mass is 9.86. The molecule has 0 radical (unpaired) electrons. The van der Waals surface area contributed by atoms with E-state index in [1.165, 1.54) is 5.56 Å². The first kappa shape index (κ1) is 21.6. The Labute approximate surface area is 180 Å². The highest BCUT2D eigenvalue weighted by molar-refractivity contribution is 5.75. The van der Waals surface area contributed by atoms with E-state index in [4.69, 9.17) is 4.74 Å². The fraction of sp³-hybridized carbons (Fsp3) is 0.214. The molecule has 0 spiro atoms. The van der Waals surface area contributed by atoms with Crippen molar-refractivity contribution in [1.29, 1.82) is 0 Å². The molecule has 3 aromatic rings. The van der Waals surface area contributed by atoms with Crippen LogP contribution in [0.2, 0.25) is 0 Å². The topological polar surface area (TPSA) is 32.3 Å². The predicted octanol–water partition coefficient (Wildman–Crippen LogP) is 6.19. The highest BCUT2D eigenvalue weighted by atomic mass is 16.5. The molecule has 0 saturated carbocycles. The Morgan fingerprint density at radius 2 is 1.23 bits per heavy atom. The summed E-state index contributed by atoms with van der Waals surface area (Å²) in [6.07, 6.45) is 8.35. The lowest BCUT2D eigenvalue weighted by Gasteiger charge is -2.20. The molecule has 0 saturated heterocycles.